The topological polar surface area (TPSA) is 81.2 Å². The van der Waals surface area contributed by atoms with Crippen molar-refractivity contribution in [3.63, 3.8) is 0 Å². The van der Waals surface area contributed by atoms with Crippen LogP contribution in [0.2, 0.25) is 0 Å². The van der Waals surface area contributed by atoms with Crippen molar-refractivity contribution in [1.29, 1.82) is 0 Å². The van der Waals surface area contributed by atoms with Crippen LogP contribution < -0.4 is 10.0 Å². The van der Waals surface area contributed by atoms with Gasteiger partial charge in [0.15, 0.2) is 5.03 Å². The zero-order chi connectivity index (χ0) is 14.8. The Morgan fingerprint density at radius 3 is 2.65 bits per heavy atom. The van der Waals surface area contributed by atoms with Gasteiger partial charge in [-0.15, -0.1) is 0 Å². The summed E-state index contributed by atoms with van der Waals surface area (Å²) >= 11 is 0. The summed E-state index contributed by atoms with van der Waals surface area (Å²) < 4.78 is 28.0. The number of hydrogen-bond acceptors (Lipinski definition) is 4. The predicted octanol–water partition coefficient (Wildman–Crippen LogP) is 1.19. The molecule has 0 atom stereocenters. The van der Waals surface area contributed by atoms with Crippen molar-refractivity contribution in [3.8, 4) is 0 Å². The molecule has 0 amide bonds. The Morgan fingerprint density at radius 2 is 2.05 bits per heavy atom. The Kier molecular flexibility index (Phi) is 4.10. The van der Waals surface area contributed by atoms with E-state index in [9.17, 15) is 8.42 Å². The summed E-state index contributed by atoms with van der Waals surface area (Å²) in [5.41, 5.74) is 7.00. The Labute approximate surface area is 118 Å². The molecule has 0 aliphatic heterocycles. The van der Waals surface area contributed by atoms with E-state index in [0.29, 0.717) is 12.2 Å². The second-order valence-electron chi connectivity index (χ2n) is 4.35. The number of anilines is 1. The van der Waals surface area contributed by atoms with Crippen LogP contribution in [0, 0.1) is 0 Å². The largest absolute Gasteiger partial charge is 0.336 e. The lowest BCUT2D eigenvalue weighted by molar-refractivity contribution is 0.591. The first-order valence-corrected chi connectivity index (χ1v) is 7.73. The minimum absolute atomic E-state index is 0.0358. The molecule has 6 nitrogen and oxygen atoms in total. The number of rotatable bonds is 5. The molecule has 0 unspecified atom stereocenters. The minimum Gasteiger partial charge on any atom is -0.336 e. The molecule has 0 fully saturated rings. The summed E-state index contributed by atoms with van der Waals surface area (Å²) in [5, 5.41) is 0.0358. The molecule has 1 aromatic heterocycles. The van der Waals surface area contributed by atoms with Gasteiger partial charge in [-0.25, -0.2) is 4.98 Å². The van der Waals surface area contributed by atoms with E-state index in [1.165, 1.54) is 23.9 Å². The van der Waals surface area contributed by atoms with E-state index in [1.54, 1.807) is 16.7 Å². The first-order valence-electron chi connectivity index (χ1n) is 6.29. The molecule has 20 heavy (non-hydrogen) atoms. The van der Waals surface area contributed by atoms with E-state index >= 15 is 0 Å². The highest BCUT2D eigenvalue weighted by atomic mass is 32.2. The van der Waals surface area contributed by atoms with Crippen LogP contribution in [0.15, 0.2) is 41.8 Å². The maximum absolute atomic E-state index is 12.5. The molecule has 1 heterocycles. The second kappa shape index (κ2) is 5.64. The number of hydrogen-bond donors (Lipinski definition) is 1. The zero-order valence-corrected chi connectivity index (χ0v) is 12.3. The SMILES string of the molecule is CCn1cnc(S(=O)(=O)N(C)c2ccccc2CN)c1. The maximum Gasteiger partial charge on any atom is 0.283 e. The molecule has 0 radical (unpaired) electrons. The van der Waals surface area contributed by atoms with Crippen molar-refractivity contribution in [2.24, 2.45) is 5.73 Å². The van der Waals surface area contributed by atoms with Crippen molar-refractivity contribution in [3.05, 3.63) is 42.4 Å². The highest BCUT2D eigenvalue weighted by Crippen LogP contribution is 2.24. The molecule has 0 aliphatic rings. The normalized spacial score (nSPS) is 11.6. The smallest absolute Gasteiger partial charge is 0.283 e. The van der Waals surface area contributed by atoms with Gasteiger partial charge >= 0.3 is 0 Å². The Balaban J connectivity index is 2.43. The average Bonchev–Trinajstić information content (AvgIpc) is 2.96. The number of sulfonamides is 1. The second-order valence-corrected chi connectivity index (χ2v) is 6.26. The average molecular weight is 294 g/mol. The van der Waals surface area contributed by atoms with E-state index in [1.807, 2.05) is 19.1 Å². The summed E-state index contributed by atoms with van der Waals surface area (Å²) in [6, 6.07) is 7.16. The van der Waals surface area contributed by atoms with Crippen LogP contribution in [-0.4, -0.2) is 25.0 Å². The van der Waals surface area contributed by atoms with Gasteiger partial charge in [-0.2, -0.15) is 8.42 Å². The van der Waals surface area contributed by atoms with Gasteiger partial charge in [0.2, 0.25) is 0 Å². The van der Waals surface area contributed by atoms with Crippen LogP contribution in [0.4, 0.5) is 5.69 Å². The van der Waals surface area contributed by atoms with E-state index in [-0.39, 0.29) is 11.6 Å². The monoisotopic (exact) mass is 294 g/mol. The van der Waals surface area contributed by atoms with Crippen LogP contribution in [0.3, 0.4) is 0 Å². The number of imidazole rings is 1. The van der Waals surface area contributed by atoms with Crippen LogP contribution in [0.5, 0.6) is 0 Å². The molecule has 2 N–H and O–H groups in total. The first kappa shape index (κ1) is 14.5. The van der Waals surface area contributed by atoms with Crippen molar-refractivity contribution >= 4 is 15.7 Å². The number of aryl methyl sites for hydroxylation is 1. The molecule has 0 bridgehead atoms. The van der Waals surface area contributed by atoms with Crippen molar-refractivity contribution in [2.45, 2.75) is 25.0 Å². The molecule has 108 valence electrons. The van der Waals surface area contributed by atoms with Crippen molar-refractivity contribution in [2.75, 3.05) is 11.4 Å². The van der Waals surface area contributed by atoms with Gasteiger partial charge in [-0.05, 0) is 18.6 Å². The summed E-state index contributed by atoms with van der Waals surface area (Å²) in [4.78, 5) is 3.96. The molecular weight excluding hydrogens is 276 g/mol. The summed E-state index contributed by atoms with van der Waals surface area (Å²) in [6.45, 7) is 2.87. The van der Waals surface area contributed by atoms with E-state index in [0.717, 1.165) is 5.56 Å². The highest BCUT2D eigenvalue weighted by Gasteiger charge is 2.25. The number of nitrogens with two attached hydrogens (primary N) is 1. The molecule has 0 saturated carbocycles. The summed E-state index contributed by atoms with van der Waals surface area (Å²) in [6.07, 6.45) is 3.03. The third-order valence-corrected chi connectivity index (χ3v) is 4.81. The lowest BCUT2D eigenvalue weighted by atomic mass is 10.2. The third kappa shape index (κ3) is 2.54. The van der Waals surface area contributed by atoms with Crippen LogP contribution in [0.1, 0.15) is 12.5 Å². The van der Waals surface area contributed by atoms with Crippen LogP contribution in [-0.2, 0) is 23.1 Å². The van der Waals surface area contributed by atoms with Gasteiger partial charge in [0.1, 0.15) is 0 Å². The van der Waals surface area contributed by atoms with Gasteiger partial charge in [-0.1, -0.05) is 18.2 Å². The van der Waals surface area contributed by atoms with Gasteiger partial charge < -0.3 is 10.3 Å². The number of aromatic nitrogens is 2. The fourth-order valence-corrected chi connectivity index (χ4v) is 3.07. The maximum atomic E-state index is 12.5. The van der Waals surface area contributed by atoms with E-state index in [2.05, 4.69) is 4.98 Å². The van der Waals surface area contributed by atoms with Crippen molar-refractivity contribution in [1.82, 2.24) is 9.55 Å². The van der Waals surface area contributed by atoms with Gasteiger partial charge in [-0.3, -0.25) is 4.31 Å². The number of nitrogens with zero attached hydrogens (tertiary/aromatic N) is 3. The van der Waals surface area contributed by atoms with Crippen LogP contribution in [0.25, 0.3) is 0 Å². The predicted molar refractivity (Wildman–Crippen MR) is 77.8 cm³/mol. The lowest BCUT2D eigenvalue weighted by Gasteiger charge is -2.20. The van der Waals surface area contributed by atoms with Crippen LogP contribution >= 0.6 is 0 Å². The Hall–Kier alpha value is -1.86. The summed E-state index contributed by atoms with van der Waals surface area (Å²) in [5.74, 6) is 0. The zero-order valence-electron chi connectivity index (χ0n) is 11.5. The highest BCUT2D eigenvalue weighted by molar-refractivity contribution is 7.92. The fraction of sp³-hybridized carbons (Fsp3) is 0.308. The van der Waals surface area contributed by atoms with Crippen molar-refractivity contribution < 1.29 is 8.42 Å². The van der Waals surface area contributed by atoms with Gasteiger partial charge in [0.05, 0.1) is 12.0 Å². The molecule has 0 aliphatic carbocycles. The lowest BCUT2D eigenvalue weighted by Crippen LogP contribution is -2.28. The molecule has 0 spiro atoms. The molecule has 7 heteroatoms. The molecule has 1 aromatic carbocycles. The Bertz CT molecular complexity index is 694. The number of para-hydroxylation sites is 1. The summed E-state index contributed by atoms with van der Waals surface area (Å²) in [7, 11) is -2.16. The standard InChI is InChI=1S/C13H18N4O2S/c1-3-17-9-13(15-10-17)20(18,19)16(2)12-7-5-4-6-11(12)8-14/h4-7,9-10H,3,8,14H2,1-2H3. The molecule has 2 rings (SSSR count). The van der Waals surface area contributed by atoms with Gasteiger partial charge in [0.25, 0.3) is 10.0 Å². The molecule has 2 aromatic rings. The Morgan fingerprint density at radius 1 is 1.35 bits per heavy atom. The quantitative estimate of drug-likeness (QED) is 0.898. The molecular formula is C13H18N4O2S. The minimum atomic E-state index is -3.67. The van der Waals surface area contributed by atoms with E-state index in [4.69, 9.17) is 5.73 Å². The molecule has 0 saturated heterocycles. The third-order valence-electron chi connectivity index (χ3n) is 3.15. The first-order chi connectivity index (χ1) is 9.50. The van der Waals surface area contributed by atoms with E-state index < -0.39 is 10.0 Å². The van der Waals surface area contributed by atoms with Gasteiger partial charge in [0, 0.05) is 26.3 Å². The fourth-order valence-electron chi connectivity index (χ4n) is 1.91. The number of benzene rings is 1.